The molecule has 0 radical (unpaired) electrons. The summed E-state index contributed by atoms with van der Waals surface area (Å²) in [6.45, 7) is 0.133. The van der Waals surface area contributed by atoms with E-state index in [1.807, 2.05) is 0 Å². The molecule has 7 heteroatoms. The van der Waals surface area contributed by atoms with E-state index in [1.54, 1.807) is 0 Å². The van der Waals surface area contributed by atoms with E-state index in [2.05, 4.69) is 10.6 Å². The fourth-order valence-electron chi connectivity index (χ4n) is 1.64. The summed E-state index contributed by atoms with van der Waals surface area (Å²) in [6.07, 6.45) is 0.412. The Morgan fingerprint density at radius 1 is 1.40 bits per heavy atom. The van der Waals surface area contributed by atoms with Gasteiger partial charge in [-0.1, -0.05) is 6.07 Å². The normalized spacial score (nSPS) is 12.2. The monoisotopic (exact) mass is 288 g/mol. The minimum Gasteiger partial charge on any atom is -0.396 e. The molecule has 1 aromatic carbocycles. The first kappa shape index (κ1) is 16.5. The van der Waals surface area contributed by atoms with Crippen LogP contribution in [0.2, 0.25) is 0 Å². The number of hydrogen-bond donors (Lipinski definition) is 3. The lowest BCUT2D eigenvalue weighted by atomic mass is 10.2. The Morgan fingerprint density at radius 3 is 2.60 bits per heavy atom. The van der Waals surface area contributed by atoms with E-state index < -0.39 is 23.2 Å². The zero-order valence-electron chi connectivity index (χ0n) is 11.2. The summed E-state index contributed by atoms with van der Waals surface area (Å²) in [6, 6.07) is 3.13. The van der Waals surface area contributed by atoms with Gasteiger partial charge < -0.3 is 20.5 Å². The van der Waals surface area contributed by atoms with Crippen LogP contribution < -0.4 is 10.6 Å². The molecule has 0 aliphatic carbocycles. The third kappa shape index (κ3) is 5.20. The Morgan fingerprint density at radius 2 is 2.05 bits per heavy atom. The SMILES string of the molecule is COCC(CCO)NCC(=O)Nc1c(F)cccc1F. The van der Waals surface area contributed by atoms with Gasteiger partial charge in [-0.15, -0.1) is 0 Å². The second-order valence-electron chi connectivity index (χ2n) is 4.19. The molecular weight excluding hydrogens is 270 g/mol. The molecule has 0 fully saturated rings. The largest absolute Gasteiger partial charge is 0.396 e. The molecule has 3 N–H and O–H groups in total. The van der Waals surface area contributed by atoms with Crippen LogP contribution in [0.1, 0.15) is 6.42 Å². The Kier molecular flexibility index (Phi) is 7.06. The van der Waals surface area contributed by atoms with Crippen molar-refractivity contribution in [3.63, 3.8) is 0 Å². The number of methoxy groups -OCH3 is 1. The third-order valence-electron chi connectivity index (χ3n) is 2.62. The number of ether oxygens (including phenoxy) is 1. The lowest BCUT2D eigenvalue weighted by Gasteiger charge is -2.16. The van der Waals surface area contributed by atoms with Gasteiger partial charge >= 0.3 is 0 Å². The van der Waals surface area contributed by atoms with E-state index in [1.165, 1.54) is 13.2 Å². The van der Waals surface area contributed by atoms with Crippen LogP contribution in [0.15, 0.2) is 18.2 Å². The van der Waals surface area contributed by atoms with Gasteiger partial charge in [0.05, 0.1) is 13.2 Å². The number of amides is 1. The smallest absolute Gasteiger partial charge is 0.238 e. The molecule has 20 heavy (non-hydrogen) atoms. The van der Waals surface area contributed by atoms with Crippen LogP contribution in [0.4, 0.5) is 14.5 Å². The van der Waals surface area contributed by atoms with E-state index in [-0.39, 0.29) is 19.2 Å². The van der Waals surface area contributed by atoms with Crippen molar-refractivity contribution in [2.75, 3.05) is 32.2 Å². The molecule has 0 aromatic heterocycles. The van der Waals surface area contributed by atoms with Crippen LogP contribution in [-0.4, -0.2) is 43.9 Å². The Hall–Kier alpha value is -1.57. The predicted molar refractivity (Wildman–Crippen MR) is 70.4 cm³/mol. The number of aliphatic hydroxyl groups is 1. The quantitative estimate of drug-likeness (QED) is 0.664. The molecule has 1 rings (SSSR count). The molecule has 1 atom stereocenters. The first-order valence-electron chi connectivity index (χ1n) is 6.15. The molecule has 1 amide bonds. The van der Waals surface area contributed by atoms with Gasteiger partial charge in [-0.3, -0.25) is 4.79 Å². The highest BCUT2D eigenvalue weighted by molar-refractivity contribution is 5.92. The summed E-state index contributed by atoms with van der Waals surface area (Å²) in [4.78, 5) is 11.6. The summed E-state index contributed by atoms with van der Waals surface area (Å²) in [5.41, 5.74) is -0.468. The van der Waals surface area contributed by atoms with Crippen LogP contribution in [0.25, 0.3) is 0 Å². The van der Waals surface area contributed by atoms with E-state index in [0.717, 1.165) is 12.1 Å². The average Bonchev–Trinajstić information content (AvgIpc) is 2.41. The van der Waals surface area contributed by atoms with Crippen molar-refractivity contribution >= 4 is 11.6 Å². The highest BCUT2D eigenvalue weighted by Crippen LogP contribution is 2.17. The van der Waals surface area contributed by atoms with Crippen molar-refractivity contribution in [3.8, 4) is 0 Å². The number of aliphatic hydroxyl groups excluding tert-OH is 1. The van der Waals surface area contributed by atoms with E-state index in [9.17, 15) is 13.6 Å². The molecular formula is C13H18F2N2O3. The van der Waals surface area contributed by atoms with Gasteiger partial charge in [-0.2, -0.15) is 0 Å². The highest BCUT2D eigenvalue weighted by Gasteiger charge is 2.13. The van der Waals surface area contributed by atoms with Crippen LogP contribution in [0, 0.1) is 11.6 Å². The summed E-state index contributed by atoms with van der Waals surface area (Å²) in [5.74, 6) is -2.24. The Labute approximate surface area is 115 Å². The van der Waals surface area contributed by atoms with Gasteiger partial charge in [0.15, 0.2) is 0 Å². The van der Waals surface area contributed by atoms with Gasteiger partial charge in [0.2, 0.25) is 5.91 Å². The minimum atomic E-state index is -0.831. The van der Waals surface area contributed by atoms with Gasteiger partial charge in [-0.05, 0) is 18.6 Å². The van der Waals surface area contributed by atoms with Crippen molar-refractivity contribution in [3.05, 3.63) is 29.8 Å². The number of hydrogen-bond acceptors (Lipinski definition) is 4. The molecule has 0 heterocycles. The summed E-state index contributed by atoms with van der Waals surface area (Å²) < 4.78 is 31.6. The summed E-state index contributed by atoms with van der Waals surface area (Å²) >= 11 is 0. The van der Waals surface area contributed by atoms with E-state index >= 15 is 0 Å². The molecule has 0 aliphatic rings. The van der Waals surface area contributed by atoms with Crippen molar-refractivity contribution in [1.82, 2.24) is 5.32 Å². The van der Waals surface area contributed by atoms with E-state index in [4.69, 9.17) is 9.84 Å². The molecule has 0 saturated heterocycles. The van der Waals surface area contributed by atoms with E-state index in [0.29, 0.717) is 13.0 Å². The van der Waals surface area contributed by atoms with Gasteiger partial charge in [0.25, 0.3) is 0 Å². The average molecular weight is 288 g/mol. The Balaban J connectivity index is 2.51. The first-order chi connectivity index (χ1) is 9.58. The second kappa shape index (κ2) is 8.57. The second-order valence-corrected chi connectivity index (χ2v) is 4.19. The first-order valence-corrected chi connectivity index (χ1v) is 6.15. The molecule has 0 bridgehead atoms. The fourth-order valence-corrected chi connectivity index (χ4v) is 1.64. The number of carbonyl (C=O) groups is 1. The summed E-state index contributed by atoms with van der Waals surface area (Å²) in [7, 11) is 1.50. The molecule has 5 nitrogen and oxygen atoms in total. The number of carbonyl (C=O) groups excluding carboxylic acids is 1. The highest BCUT2D eigenvalue weighted by atomic mass is 19.1. The zero-order chi connectivity index (χ0) is 15.0. The molecule has 112 valence electrons. The molecule has 1 unspecified atom stereocenters. The van der Waals surface area contributed by atoms with Gasteiger partial charge in [0, 0.05) is 19.8 Å². The number of anilines is 1. The number of rotatable bonds is 8. The van der Waals surface area contributed by atoms with Gasteiger partial charge in [-0.25, -0.2) is 8.78 Å². The maximum absolute atomic E-state index is 13.3. The summed E-state index contributed by atoms with van der Waals surface area (Å²) in [5, 5.41) is 13.8. The molecule has 0 spiro atoms. The topological polar surface area (TPSA) is 70.6 Å². The van der Waals surface area contributed by atoms with Gasteiger partial charge in [0.1, 0.15) is 17.3 Å². The van der Waals surface area contributed by atoms with Crippen LogP contribution in [0.3, 0.4) is 0 Å². The van der Waals surface area contributed by atoms with Crippen LogP contribution >= 0.6 is 0 Å². The number of para-hydroxylation sites is 1. The third-order valence-corrected chi connectivity index (χ3v) is 2.62. The van der Waals surface area contributed by atoms with Crippen LogP contribution in [-0.2, 0) is 9.53 Å². The van der Waals surface area contributed by atoms with Crippen molar-refractivity contribution in [2.45, 2.75) is 12.5 Å². The van der Waals surface area contributed by atoms with Crippen molar-refractivity contribution < 1.29 is 23.4 Å². The maximum Gasteiger partial charge on any atom is 0.238 e. The standard InChI is InChI=1S/C13H18F2N2O3/c1-20-8-9(5-6-18)16-7-12(19)17-13-10(14)3-2-4-11(13)15/h2-4,9,16,18H,5-8H2,1H3,(H,17,19). The Bertz CT molecular complexity index is 417. The molecule has 1 aromatic rings. The number of halogens is 2. The minimum absolute atomic E-state index is 0.0510. The maximum atomic E-state index is 13.3. The van der Waals surface area contributed by atoms with Crippen molar-refractivity contribution in [2.24, 2.45) is 0 Å². The predicted octanol–water partition coefficient (Wildman–Crippen LogP) is 0.890. The lowest BCUT2D eigenvalue weighted by Crippen LogP contribution is -2.39. The molecule has 0 aliphatic heterocycles. The fraction of sp³-hybridized carbons (Fsp3) is 0.462. The lowest BCUT2D eigenvalue weighted by molar-refractivity contribution is -0.115. The number of benzene rings is 1. The van der Waals surface area contributed by atoms with Crippen LogP contribution in [0.5, 0.6) is 0 Å². The van der Waals surface area contributed by atoms with Crippen molar-refractivity contribution in [1.29, 1.82) is 0 Å². The number of nitrogens with one attached hydrogen (secondary N) is 2. The zero-order valence-corrected chi connectivity index (χ0v) is 11.2. The molecule has 0 saturated carbocycles.